The number of rotatable bonds is 4. The van der Waals surface area contributed by atoms with Crippen LogP contribution in [0.3, 0.4) is 0 Å². The molecule has 3 rings (SSSR count). The summed E-state index contributed by atoms with van der Waals surface area (Å²) in [7, 11) is 1.81. The molecule has 0 aliphatic rings. The van der Waals surface area contributed by atoms with Gasteiger partial charge in [0.1, 0.15) is 5.69 Å². The maximum atomic E-state index is 13.3. The van der Waals surface area contributed by atoms with E-state index < -0.39 is 0 Å². The number of carbonyl (C=O) groups excluding carboxylic acids is 1. The van der Waals surface area contributed by atoms with E-state index in [9.17, 15) is 4.79 Å². The van der Waals surface area contributed by atoms with Crippen molar-refractivity contribution in [3.8, 4) is 5.69 Å². The maximum absolute atomic E-state index is 13.3. The molecule has 0 saturated carbocycles. The zero-order valence-electron chi connectivity index (χ0n) is 16.8. The Morgan fingerprint density at radius 3 is 2.56 bits per heavy atom. The SMILES string of the molecule is CCN(C(=O)c1cc(C(C)(C)C)nn1C)c1cn(-c2cccnc2)nc1C. The van der Waals surface area contributed by atoms with Gasteiger partial charge in [-0.2, -0.15) is 10.2 Å². The molecule has 0 N–H and O–H groups in total. The van der Waals surface area contributed by atoms with Crippen molar-refractivity contribution >= 4 is 11.6 Å². The molecule has 0 aliphatic carbocycles. The van der Waals surface area contributed by atoms with Crippen molar-refractivity contribution in [2.45, 2.75) is 40.0 Å². The molecule has 0 spiro atoms. The van der Waals surface area contributed by atoms with E-state index in [1.165, 1.54) is 0 Å². The highest BCUT2D eigenvalue weighted by Gasteiger charge is 2.26. The van der Waals surface area contributed by atoms with Crippen LogP contribution in [0.1, 0.15) is 49.6 Å². The summed E-state index contributed by atoms with van der Waals surface area (Å²) in [5.74, 6) is -0.0863. The number of pyridine rings is 1. The predicted octanol–water partition coefficient (Wildman–Crippen LogP) is 3.27. The number of nitrogens with zero attached hydrogens (tertiary/aromatic N) is 6. The van der Waals surface area contributed by atoms with Gasteiger partial charge < -0.3 is 4.90 Å². The topological polar surface area (TPSA) is 68.8 Å². The minimum absolute atomic E-state index is 0.0863. The summed E-state index contributed by atoms with van der Waals surface area (Å²) in [5.41, 5.74) is 3.76. The highest BCUT2D eigenvalue weighted by Crippen LogP contribution is 2.25. The molecule has 0 aliphatic heterocycles. The Morgan fingerprint density at radius 1 is 1.26 bits per heavy atom. The molecule has 7 nitrogen and oxygen atoms in total. The monoisotopic (exact) mass is 366 g/mol. The average Bonchev–Trinajstić information content (AvgIpc) is 3.20. The summed E-state index contributed by atoms with van der Waals surface area (Å²) in [5, 5.41) is 9.08. The number of aromatic nitrogens is 5. The van der Waals surface area contributed by atoms with Gasteiger partial charge in [-0.05, 0) is 32.0 Å². The molecule has 1 amide bonds. The Hall–Kier alpha value is -2.96. The lowest BCUT2D eigenvalue weighted by atomic mass is 9.92. The van der Waals surface area contributed by atoms with Crippen LogP contribution >= 0.6 is 0 Å². The summed E-state index contributed by atoms with van der Waals surface area (Å²) in [6.07, 6.45) is 5.33. The van der Waals surface area contributed by atoms with Gasteiger partial charge in [-0.1, -0.05) is 20.8 Å². The lowest BCUT2D eigenvalue weighted by Gasteiger charge is -2.19. The Balaban J connectivity index is 1.97. The average molecular weight is 366 g/mol. The lowest BCUT2D eigenvalue weighted by molar-refractivity contribution is 0.0979. The molecule has 7 heteroatoms. The molecule has 0 radical (unpaired) electrons. The highest BCUT2D eigenvalue weighted by molar-refractivity contribution is 6.05. The first kappa shape index (κ1) is 18.8. The third-order valence-electron chi connectivity index (χ3n) is 4.50. The minimum atomic E-state index is -0.117. The Morgan fingerprint density at radius 2 is 2.00 bits per heavy atom. The lowest BCUT2D eigenvalue weighted by Crippen LogP contribution is -2.32. The molecule has 0 atom stereocenters. The number of amides is 1. The molecule has 0 unspecified atom stereocenters. The third kappa shape index (κ3) is 3.63. The zero-order valence-corrected chi connectivity index (χ0v) is 16.8. The van der Waals surface area contributed by atoms with E-state index in [-0.39, 0.29) is 11.3 Å². The number of carbonyl (C=O) groups is 1. The number of anilines is 1. The molecule has 0 bridgehead atoms. The first-order chi connectivity index (χ1) is 12.7. The largest absolute Gasteiger partial charge is 0.304 e. The van der Waals surface area contributed by atoms with E-state index in [4.69, 9.17) is 0 Å². The molecule has 0 aromatic carbocycles. The molecule has 0 saturated heterocycles. The standard InChI is InChI=1S/C20H26N6O/c1-7-25(19(27)16-11-18(20(3,4)5)23-24(16)6)17-13-26(22-14(17)2)15-9-8-10-21-12-15/h8-13H,7H2,1-6H3. The predicted molar refractivity (Wildman–Crippen MR) is 105 cm³/mol. The van der Waals surface area contributed by atoms with Crippen LogP contribution in [0.4, 0.5) is 5.69 Å². The van der Waals surface area contributed by atoms with Gasteiger partial charge in [0, 0.05) is 25.2 Å². The molecule has 3 aromatic heterocycles. The van der Waals surface area contributed by atoms with Gasteiger partial charge in [-0.25, -0.2) is 4.68 Å². The molecular formula is C20H26N6O. The molecule has 27 heavy (non-hydrogen) atoms. The van der Waals surface area contributed by atoms with E-state index in [0.717, 1.165) is 22.8 Å². The first-order valence-electron chi connectivity index (χ1n) is 9.05. The van der Waals surface area contributed by atoms with Gasteiger partial charge in [0.05, 0.1) is 35.2 Å². The summed E-state index contributed by atoms with van der Waals surface area (Å²) < 4.78 is 3.41. The van der Waals surface area contributed by atoms with Gasteiger partial charge >= 0.3 is 0 Å². The number of hydrogen-bond donors (Lipinski definition) is 0. The van der Waals surface area contributed by atoms with Crippen molar-refractivity contribution in [2.24, 2.45) is 7.05 Å². The van der Waals surface area contributed by atoms with Gasteiger partial charge in [-0.3, -0.25) is 14.5 Å². The van der Waals surface area contributed by atoms with Crippen molar-refractivity contribution in [1.29, 1.82) is 0 Å². The molecule has 3 aromatic rings. The summed E-state index contributed by atoms with van der Waals surface area (Å²) >= 11 is 0. The van der Waals surface area contributed by atoms with Crippen molar-refractivity contribution in [1.82, 2.24) is 24.5 Å². The Kier molecular flexibility index (Phi) is 4.87. The van der Waals surface area contributed by atoms with Crippen LogP contribution in [-0.2, 0) is 12.5 Å². The minimum Gasteiger partial charge on any atom is -0.304 e. The molecule has 3 heterocycles. The summed E-state index contributed by atoms with van der Waals surface area (Å²) in [4.78, 5) is 19.1. The maximum Gasteiger partial charge on any atom is 0.276 e. The zero-order chi connectivity index (χ0) is 19.8. The van der Waals surface area contributed by atoms with Crippen LogP contribution in [-0.4, -0.2) is 37.0 Å². The number of hydrogen-bond acceptors (Lipinski definition) is 4. The fourth-order valence-corrected chi connectivity index (χ4v) is 2.93. The van der Waals surface area contributed by atoms with Gasteiger partial charge in [0.25, 0.3) is 5.91 Å². The van der Waals surface area contributed by atoms with Crippen LogP contribution in [0, 0.1) is 6.92 Å². The second-order valence-electron chi connectivity index (χ2n) is 7.59. The van der Waals surface area contributed by atoms with Crippen LogP contribution in [0.5, 0.6) is 0 Å². The van der Waals surface area contributed by atoms with Crippen LogP contribution < -0.4 is 4.90 Å². The van der Waals surface area contributed by atoms with E-state index in [0.29, 0.717) is 12.2 Å². The molecular weight excluding hydrogens is 340 g/mol. The van der Waals surface area contributed by atoms with Crippen molar-refractivity contribution in [3.63, 3.8) is 0 Å². The highest BCUT2D eigenvalue weighted by atomic mass is 16.2. The van der Waals surface area contributed by atoms with Crippen LogP contribution in [0.15, 0.2) is 36.8 Å². The van der Waals surface area contributed by atoms with Crippen molar-refractivity contribution < 1.29 is 4.79 Å². The fraction of sp³-hybridized carbons (Fsp3) is 0.400. The first-order valence-corrected chi connectivity index (χ1v) is 9.05. The van der Waals surface area contributed by atoms with E-state index in [1.807, 2.05) is 45.3 Å². The summed E-state index contributed by atoms with van der Waals surface area (Å²) in [6, 6.07) is 5.67. The van der Waals surface area contributed by atoms with Gasteiger partial charge in [0.15, 0.2) is 0 Å². The smallest absolute Gasteiger partial charge is 0.276 e. The third-order valence-corrected chi connectivity index (χ3v) is 4.50. The van der Waals surface area contributed by atoms with E-state index in [1.54, 1.807) is 26.7 Å². The van der Waals surface area contributed by atoms with Crippen molar-refractivity contribution in [3.05, 3.63) is 53.9 Å². The Bertz CT molecular complexity index is 949. The molecule has 0 fully saturated rings. The van der Waals surface area contributed by atoms with Gasteiger partial charge in [0.2, 0.25) is 0 Å². The second-order valence-corrected chi connectivity index (χ2v) is 7.59. The fourth-order valence-electron chi connectivity index (χ4n) is 2.93. The number of aryl methyl sites for hydroxylation is 2. The second kappa shape index (κ2) is 6.98. The summed E-state index contributed by atoms with van der Waals surface area (Å²) in [6.45, 7) is 10.7. The van der Waals surface area contributed by atoms with Crippen molar-refractivity contribution in [2.75, 3.05) is 11.4 Å². The Labute approximate surface area is 159 Å². The van der Waals surface area contributed by atoms with Crippen LogP contribution in [0.25, 0.3) is 5.69 Å². The van der Waals surface area contributed by atoms with Crippen LogP contribution in [0.2, 0.25) is 0 Å². The normalized spacial score (nSPS) is 11.6. The van der Waals surface area contributed by atoms with E-state index in [2.05, 4.69) is 36.0 Å². The quantitative estimate of drug-likeness (QED) is 0.711. The van der Waals surface area contributed by atoms with Gasteiger partial charge in [-0.15, -0.1) is 0 Å². The van der Waals surface area contributed by atoms with E-state index >= 15 is 0 Å². The molecule has 142 valence electrons.